The number of rotatable bonds is 7. The lowest BCUT2D eigenvalue weighted by atomic mass is 10.0. The van der Waals surface area contributed by atoms with E-state index in [4.69, 9.17) is 0 Å². The van der Waals surface area contributed by atoms with Gasteiger partial charge in [0.1, 0.15) is 0 Å². The van der Waals surface area contributed by atoms with Gasteiger partial charge in [-0.1, -0.05) is 37.5 Å². The zero-order valence-corrected chi connectivity index (χ0v) is 13.8. The van der Waals surface area contributed by atoms with E-state index in [0.29, 0.717) is 5.56 Å². The van der Waals surface area contributed by atoms with Gasteiger partial charge in [0.25, 0.3) is 5.91 Å². The van der Waals surface area contributed by atoms with Crippen LogP contribution in [0.4, 0.5) is 0 Å². The van der Waals surface area contributed by atoms with E-state index >= 15 is 0 Å². The zero-order chi connectivity index (χ0) is 16.7. The smallest absolute Gasteiger partial charge is 0.251 e. The highest BCUT2D eigenvalue weighted by molar-refractivity contribution is 5.96. The van der Waals surface area contributed by atoms with Gasteiger partial charge in [-0.15, -0.1) is 0 Å². The summed E-state index contributed by atoms with van der Waals surface area (Å²) in [5, 5.41) is 15.0. The maximum Gasteiger partial charge on any atom is 0.251 e. The number of aliphatic hydroxyl groups excluding tert-OH is 1. The first-order valence-corrected chi connectivity index (χ1v) is 7.64. The summed E-state index contributed by atoms with van der Waals surface area (Å²) < 4.78 is 0. The van der Waals surface area contributed by atoms with Crippen molar-refractivity contribution in [3.63, 3.8) is 0 Å². The van der Waals surface area contributed by atoms with E-state index in [9.17, 15) is 14.7 Å². The Morgan fingerprint density at radius 2 is 1.73 bits per heavy atom. The highest BCUT2D eigenvalue weighted by Gasteiger charge is 2.14. The third kappa shape index (κ3) is 5.85. The predicted octanol–water partition coefficient (Wildman–Crippen LogP) is 1.56. The molecule has 0 heterocycles. The third-order valence-electron chi connectivity index (χ3n) is 3.70. The first kappa shape index (κ1) is 18.2. The molecule has 5 nitrogen and oxygen atoms in total. The molecule has 0 saturated heterocycles. The largest absolute Gasteiger partial charge is 0.391 e. The average Bonchev–Trinajstić information content (AvgIpc) is 2.48. The molecule has 0 spiro atoms. The number of nitrogens with one attached hydrogen (secondary N) is 2. The van der Waals surface area contributed by atoms with Gasteiger partial charge in [0.05, 0.1) is 12.6 Å². The molecule has 1 aromatic carbocycles. The van der Waals surface area contributed by atoms with Crippen LogP contribution in [0.2, 0.25) is 0 Å². The third-order valence-corrected chi connectivity index (χ3v) is 3.70. The minimum atomic E-state index is -0.566. The molecule has 0 aromatic heterocycles. The Balaban J connectivity index is 2.42. The number of carbonyl (C=O) groups excluding carboxylic acids is 2. The van der Waals surface area contributed by atoms with Crippen molar-refractivity contribution >= 4 is 11.8 Å². The Hall–Kier alpha value is -1.88. The van der Waals surface area contributed by atoms with Crippen LogP contribution in [0.5, 0.6) is 0 Å². The molecule has 0 aliphatic rings. The van der Waals surface area contributed by atoms with Crippen molar-refractivity contribution in [3.8, 4) is 0 Å². The van der Waals surface area contributed by atoms with Gasteiger partial charge in [0.15, 0.2) is 0 Å². The van der Waals surface area contributed by atoms with E-state index in [2.05, 4.69) is 10.6 Å². The molecule has 0 radical (unpaired) electrons. The Labute approximate surface area is 132 Å². The van der Waals surface area contributed by atoms with E-state index in [1.165, 1.54) is 0 Å². The molecular formula is C17H26N2O3. The topological polar surface area (TPSA) is 78.4 Å². The van der Waals surface area contributed by atoms with Crippen LogP contribution in [-0.4, -0.2) is 36.1 Å². The fourth-order valence-corrected chi connectivity index (χ4v) is 2.12. The van der Waals surface area contributed by atoms with E-state index in [1.54, 1.807) is 12.1 Å². The fraction of sp³-hybridized carbons (Fsp3) is 0.529. The summed E-state index contributed by atoms with van der Waals surface area (Å²) in [5.41, 5.74) is 2.56. The first-order valence-electron chi connectivity index (χ1n) is 7.64. The van der Waals surface area contributed by atoms with Gasteiger partial charge in [-0.05, 0) is 31.9 Å². The summed E-state index contributed by atoms with van der Waals surface area (Å²) in [5.74, 6) is -0.449. The van der Waals surface area contributed by atoms with Crippen molar-refractivity contribution in [1.29, 1.82) is 0 Å². The zero-order valence-electron chi connectivity index (χ0n) is 13.8. The second kappa shape index (κ2) is 8.54. The molecule has 0 fully saturated rings. The summed E-state index contributed by atoms with van der Waals surface area (Å²) in [6, 6.07) is 5.56. The minimum absolute atomic E-state index is 0.0982. The number of hydrogen-bond donors (Lipinski definition) is 3. The Morgan fingerprint density at radius 3 is 2.27 bits per heavy atom. The molecule has 5 heteroatoms. The maximum atomic E-state index is 12.0. The number of hydrogen-bond acceptors (Lipinski definition) is 3. The lowest BCUT2D eigenvalue weighted by Crippen LogP contribution is -2.41. The van der Waals surface area contributed by atoms with Crippen LogP contribution in [0.3, 0.4) is 0 Å². The van der Waals surface area contributed by atoms with Gasteiger partial charge in [0.2, 0.25) is 5.91 Å². The summed E-state index contributed by atoms with van der Waals surface area (Å²) in [4.78, 5) is 23.7. The number of aliphatic hydroxyl groups is 1. The number of carbonyl (C=O) groups is 2. The molecule has 2 unspecified atom stereocenters. The van der Waals surface area contributed by atoms with E-state index in [1.807, 2.05) is 33.8 Å². The van der Waals surface area contributed by atoms with Crippen LogP contribution in [-0.2, 0) is 4.79 Å². The standard InChI is InChI=1S/C17H26N2O3/c1-5-13(4)15(20)9-18-16(21)10-19-17(22)14-7-11(2)6-12(3)8-14/h6-8,13,15,20H,5,9-10H2,1-4H3,(H,18,21)(H,19,22). The lowest BCUT2D eigenvalue weighted by Gasteiger charge is -2.17. The van der Waals surface area contributed by atoms with Crippen LogP contribution in [0.25, 0.3) is 0 Å². The fourth-order valence-electron chi connectivity index (χ4n) is 2.12. The summed E-state index contributed by atoms with van der Waals surface area (Å²) in [7, 11) is 0. The normalized spacial score (nSPS) is 13.3. The van der Waals surface area contributed by atoms with E-state index in [-0.39, 0.29) is 30.8 Å². The molecule has 1 aromatic rings. The lowest BCUT2D eigenvalue weighted by molar-refractivity contribution is -0.120. The van der Waals surface area contributed by atoms with Crippen LogP contribution in [0.1, 0.15) is 41.8 Å². The summed E-state index contributed by atoms with van der Waals surface area (Å²) in [6.45, 7) is 7.87. The van der Waals surface area contributed by atoms with E-state index < -0.39 is 6.10 Å². The molecule has 2 atom stereocenters. The molecule has 3 N–H and O–H groups in total. The van der Waals surface area contributed by atoms with Crippen molar-refractivity contribution in [1.82, 2.24) is 10.6 Å². The van der Waals surface area contributed by atoms with Gasteiger partial charge in [0, 0.05) is 12.1 Å². The van der Waals surface area contributed by atoms with E-state index in [0.717, 1.165) is 17.5 Å². The number of amides is 2. The molecule has 2 amide bonds. The number of aryl methyl sites for hydroxylation is 2. The number of benzene rings is 1. The van der Waals surface area contributed by atoms with Gasteiger partial charge in [-0.2, -0.15) is 0 Å². The second-order valence-corrected chi connectivity index (χ2v) is 5.82. The highest BCUT2D eigenvalue weighted by atomic mass is 16.3. The Kier molecular flexibility index (Phi) is 7.05. The molecule has 0 aliphatic heterocycles. The molecule has 22 heavy (non-hydrogen) atoms. The molecule has 0 bridgehead atoms. The Morgan fingerprint density at radius 1 is 1.14 bits per heavy atom. The molecule has 0 saturated carbocycles. The van der Waals surface area contributed by atoms with Crippen molar-refractivity contribution in [3.05, 3.63) is 34.9 Å². The van der Waals surface area contributed by atoms with Crippen LogP contribution >= 0.6 is 0 Å². The molecular weight excluding hydrogens is 280 g/mol. The Bertz CT molecular complexity index is 508. The van der Waals surface area contributed by atoms with Crippen molar-refractivity contribution in [2.75, 3.05) is 13.1 Å². The summed E-state index contributed by atoms with van der Waals surface area (Å²) in [6.07, 6.45) is 0.282. The maximum absolute atomic E-state index is 12.0. The van der Waals surface area contributed by atoms with Crippen molar-refractivity contribution in [2.24, 2.45) is 5.92 Å². The SMILES string of the molecule is CCC(C)C(O)CNC(=O)CNC(=O)c1cc(C)cc(C)c1. The van der Waals surface area contributed by atoms with Gasteiger partial charge < -0.3 is 15.7 Å². The van der Waals surface area contributed by atoms with Crippen molar-refractivity contribution in [2.45, 2.75) is 40.2 Å². The molecule has 0 aliphatic carbocycles. The van der Waals surface area contributed by atoms with Crippen LogP contribution in [0, 0.1) is 19.8 Å². The molecule has 122 valence electrons. The van der Waals surface area contributed by atoms with Gasteiger partial charge >= 0.3 is 0 Å². The van der Waals surface area contributed by atoms with Crippen LogP contribution < -0.4 is 10.6 Å². The quantitative estimate of drug-likeness (QED) is 0.715. The van der Waals surface area contributed by atoms with Crippen molar-refractivity contribution < 1.29 is 14.7 Å². The first-order chi connectivity index (χ1) is 10.3. The highest BCUT2D eigenvalue weighted by Crippen LogP contribution is 2.08. The average molecular weight is 306 g/mol. The monoisotopic (exact) mass is 306 g/mol. The predicted molar refractivity (Wildman–Crippen MR) is 86.7 cm³/mol. The summed E-state index contributed by atoms with van der Waals surface area (Å²) >= 11 is 0. The second-order valence-electron chi connectivity index (χ2n) is 5.82. The van der Waals surface area contributed by atoms with Crippen LogP contribution in [0.15, 0.2) is 18.2 Å². The van der Waals surface area contributed by atoms with Gasteiger partial charge in [-0.3, -0.25) is 9.59 Å². The van der Waals surface area contributed by atoms with Gasteiger partial charge in [-0.25, -0.2) is 0 Å². The molecule has 1 rings (SSSR count). The minimum Gasteiger partial charge on any atom is -0.391 e.